The van der Waals surface area contributed by atoms with E-state index in [2.05, 4.69) is 5.32 Å². The van der Waals surface area contributed by atoms with E-state index >= 15 is 0 Å². The molecule has 0 saturated heterocycles. The van der Waals surface area contributed by atoms with Crippen LogP contribution in [-0.4, -0.2) is 33.8 Å². The number of carbonyl (C=O) groups is 1. The minimum absolute atomic E-state index is 0.0377. The molecule has 0 atom stereocenters. The van der Waals surface area contributed by atoms with E-state index < -0.39 is 0 Å². The molecular formula is C26H20N4O5. The quantitative estimate of drug-likeness (QED) is 0.423. The van der Waals surface area contributed by atoms with Crippen LogP contribution in [0, 0.1) is 0 Å². The van der Waals surface area contributed by atoms with Crippen LogP contribution >= 0.6 is 0 Å². The zero-order valence-electron chi connectivity index (χ0n) is 18.7. The number of hydrogen-bond donors (Lipinski definition) is 1. The second kappa shape index (κ2) is 8.21. The van der Waals surface area contributed by atoms with Crippen molar-refractivity contribution in [3.8, 4) is 28.5 Å². The fourth-order valence-corrected chi connectivity index (χ4v) is 4.25. The lowest BCUT2D eigenvalue weighted by Gasteiger charge is -2.09. The normalized spacial score (nSPS) is 12.3. The number of para-hydroxylation sites is 2. The summed E-state index contributed by atoms with van der Waals surface area (Å²) >= 11 is 0. The summed E-state index contributed by atoms with van der Waals surface area (Å²) in [6.07, 6.45) is 0. The fraction of sp³-hybridized carbons (Fsp3) is 0.115. The molecule has 0 saturated carbocycles. The number of methoxy groups -OCH3 is 1. The lowest BCUT2D eigenvalue weighted by atomic mass is 10.1. The van der Waals surface area contributed by atoms with Gasteiger partial charge in [0.25, 0.3) is 5.56 Å². The molecule has 1 aliphatic rings. The lowest BCUT2D eigenvalue weighted by molar-refractivity contribution is -0.116. The average Bonchev–Trinajstić information content (AvgIpc) is 3.47. The molecule has 9 heteroatoms. The highest BCUT2D eigenvalue weighted by molar-refractivity contribution is 5.93. The Bertz CT molecular complexity index is 1650. The maximum Gasteiger partial charge on any atom is 0.260 e. The number of amides is 1. The molecule has 9 nitrogen and oxygen atoms in total. The van der Waals surface area contributed by atoms with Crippen molar-refractivity contribution < 1.29 is 19.0 Å². The smallest absolute Gasteiger partial charge is 0.260 e. The summed E-state index contributed by atoms with van der Waals surface area (Å²) in [5.41, 5.74) is 3.04. The topological polar surface area (TPSA) is 96.1 Å². The molecule has 0 spiro atoms. The second-order valence-electron chi connectivity index (χ2n) is 8.03. The molecule has 5 aromatic rings. The van der Waals surface area contributed by atoms with E-state index in [1.807, 2.05) is 48.5 Å². The Kier molecular flexibility index (Phi) is 4.88. The molecule has 0 bridgehead atoms. The maximum atomic E-state index is 13.2. The van der Waals surface area contributed by atoms with Gasteiger partial charge in [0.15, 0.2) is 11.5 Å². The van der Waals surface area contributed by atoms with Gasteiger partial charge < -0.3 is 24.1 Å². The highest BCUT2D eigenvalue weighted by Gasteiger charge is 2.18. The number of ether oxygens (including phenoxy) is 3. The zero-order valence-corrected chi connectivity index (χ0v) is 18.7. The number of carbonyl (C=O) groups excluding carboxylic acids is 1. The van der Waals surface area contributed by atoms with E-state index in [4.69, 9.17) is 19.2 Å². The second-order valence-corrected chi connectivity index (χ2v) is 8.03. The molecule has 0 unspecified atom stereocenters. The molecule has 0 radical (unpaired) electrons. The molecule has 3 aromatic carbocycles. The average molecular weight is 468 g/mol. The third-order valence-corrected chi connectivity index (χ3v) is 5.90. The van der Waals surface area contributed by atoms with Crippen LogP contribution in [0.4, 0.5) is 5.69 Å². The first-order valence-corrected chi connectivity index (χ1v) is 11.0. The number of hydrogen-bond acceptors (Lipinski definition) is 6. The van der Waals surface area contributed by atoms with Crippen LogP contribution in [0.1, 0.15) is 0 Å². The van der Waals surface area contributed by atoms with Crippen LogP contribution in [0.2, 0.25) is 0 Å². The van der Waals surface area contributed by atoms with Gasteiger partial charge in [0, 0.05) is 23.4 Å². The highest BCUT2D eigenvalue weighted by atomic mass is 16.7. The molecule has 1 aliphatic heterocycles. The molecule has 0 fully saturated rings. The third-order valence-electron chi connectivity index (χ3n) is 5.90. The van der Waals surface area contributed by atoms with Gasteiger partial charge in [-0.2, -0.15) is 0 Å². The molecule has 1 amide bonds. The van der Waals surface area contributed by atoms with Crippen molar-refractivity contribution in [2.75, 3.05) is 19.2 Å². The van der Waals surface area contributed by atoms with Crippen molar-refractivity contribution in [3.63, 3.8) is 0 Å². The number of nitrogens with zero attached hydrogens (tertiary/aromatic N) is 3. The molecule has 2 aromatic heterocycles. The molecule has 3 heterocycles. The Balaban J connectivity index is 1.41. The Morgan fingerprint density at radius 1 is 1.00 bits per heavy atom. The molecule has 6 rings (SSSR count). The predicted octanol–water partition coefficient (Wildman–Crippen LogP) is 3.69. The molecule has 35 heavy (non-hydrogen) atoms. The first kappa shape index (κ1) is 20.8. The summed E-state index contributed by atoms with van der Waals surface area (Å²) in [6, 6.07) is 21.4. The Labute approximate surface area is 199 Å². The Morgan fingerprint density at radius 2 is 1.77 bits per heavy atom. The minimum atomic E-state index is -0.267. The van der Waals surface area contributed by atoms with E-state index in [1.165, 1.54) is 10.5 Å². The van der Waals surface area contributed by atoms with Gasteiger partial charge in [0.05, 0.1) is 23.8 Å². The van der Waals surface area contributed by atoms with E-state index in [0.717, 1.165) is 11.1 Å². The maximum absolute atomic E-state index is 13.2. The largest absolute Gasteiger partial charge is 0.497 e. The van der Waals surface area contributed by atoms with Crippen molar-refractivity contribution in [1.29, 1.82) is 0 Å². The minimum Gasteiger partial charge on any atom is -0.497 e. The van der Waals surface area contributed by atoms with Gasteiger partial charge in [-0.1, -0.05) is 12.1 Å². The van der Waals surface area contributed by atoms with E-state index in [-0.39, 0.29) is 24.8 Å². The van der Waals surface area contributed by atoms with Gasteiger partial charge in [0.1, 0.15) is 12.3 Å². The lowest BCUT2D eigenvalue weighted by Crippen LogP contribution is -2.20. The van der Waals surface area contributed by atoms with E-state index in [9.17, 15) is 9.59 Å². The number of benzene rings is 3. The van der Waals surface area contributed by atoms with Gasteiger partial charge in [-0.05, 0) is 48.5 Å². The van der Waals surface area contributed by atoms with Crippen LogP contribution in [0.5, 0.6) is 17.2 Å². The zero-order chi connectivity index (χ0) is 23.9. The van der Waals surface area contributed by atoms with Crippen LogP contribution in [0.3, 0.4) is 0 Å². The van der Waals surface area contributed by atoms with Crippen LogP contribution in [-0.2, 0) is 11.3 Å². The first-order valence-electron chi connectivity index (χ1n) is 11.0. The number of anilines is 1. The van der Waals surface area contributed by atoms with Gasteiger partial charge in [-0.3, -0.25) is 9.59 Å². The predicted molar refractivity (Wildman–Crippen MR) is 130 cm³/mol. The van der Waals surface area contributed by atoms with Gasteiger partial charge in [-0.15, -0.1) is 0 Å². The van der Waals surface area contributed by atoms with Gasteiger partial charge >= 0.3 is 0 Å². The third kappa shape index (κ3) is 3.63. The van der Waals surface area contributed by atoms with Crippen molar-refractivity contribution in [1.82, 2.24) is 14.0 Å². The van der Waals surface area contributed by atoms with Crippen LogP contribution in [0.25, 0.3) is 28.1 Å². The summed E-state index contributed by atoms with van der Waals surface area (Å²) in [6.45, 7) is 0.120. The summed E-state index contributed by atoms with van der Waals surface area (Å²) in [5, 5.41) is 2.89. The van der Waals surface area contributed by atoms with Gasteiger partial charge in [-0.25, -0.2) is 9.38 Å². The number of nitrogens with one attached hydrogen (secondary N) is 1. The van der Waals surface area contributed by atoms with Crippen molar-refractivity contribution in [3.05, 3.63) is 83.2 Å². The van der Waals surface area contributed by atoms with Crippen LogP contribution in [0.15, 0.2) is 77.6 Å². The highest BCUT2D eigenvalue weighted by Crippen LogP contribution is 2.34. The first-order chi connectivity index (χ1) is 17.1. The number of imidazole rings is 1. The fourth-order valence-electron chi connectivity index (χ4n) is 4.25. The van der Waals surface area contributed by atoms with Crippen molar-refractivity contribution in [2.24, 2.45) is 0 Å². The SMILES string of the molecule is COc1ccc(-c2cc(=O)n3c4ccccc4n(CC(=O)Nc4ccc5c(c4)OCO5)c3n2)cc1. The monoisotopic (exact) mass is 468 g/mol. The van der Waals surface area contributed by atoms with Crippen molar-refractivity contribution >= 4 is 28.4 Å². The summed E-state index contributed by atoms with van der Waals surface area (Å²) < 4.78 is 19.2. The van der Waals surface area contributed by atoms with Crippen LogP contribution < -0.4 is 25.1 Å². The molecule has 1 N–H and O–H groups in total. The Morgan fingerprint density at radius 3 is 2.57 bits per heavy atom. The molecule has 174 valence electrons. The number of aromatic nitrogens is 3. The summed E-state index contributed by atoms with van der Waals surface area (Å²) in [4.78, 5) is 31.0. The summed E-state index contributed by atoms with van der Waals surface area (Å²) in [7, 11) is 1.60. The Hall–Kier alpha value is -4.79. The number of rotatable bonds is 5. The standard InChI is InChI=1S/C26H20N4O5/c1-33-18-9-6-16(7-10-18)19-13-25(32)30-21-5-3-2-4-20(21)29(26(30)28-19)14-24(31)27-17-8-11-22-23(12-17)35-15-34-22/h2-13H,14-15H2,1H3,(H,27,31). The van der Waals surface area contributed by atoms with Gasteiger partial charge in [0.2, 0.25) is 18.5 Å². The van der Waals surface area contributed by atoms with Crippen molar-refractivity contribution in [2.45, 2.75) is 6.54 Å². The van der Waals surface area contributed by atoms with E-state index in [0.29, 0.717) is 39.9 Å². The molecular weight excluding hydrogens is 448 g/mol. The van der Waals surface area contributed by atoms with E-state index in [1.54, 1.807) is 29.9 Å². The summed E-state index contributed by atoms with van der Waals surface area (Å²) in [5.74, 6) is 2.04. The molecule has 0 aliphatic carbocycles. The number of fused-ring (bicyclic) bond motifs is 4.